The van der Waals surface area contributed by atoms with Crippen molar-refractivity contribution in [1.29, 1.82) is 0 Å². The molecule has 3 rings (SSSR count). The maximum Gasteiger partial charge on any atom is 0.0858 e. The van der Waals surface area contributed by atoms with Crippen LogP contribution >= 0.6 is 0 Å². The van der Waals surface area contributed by atoms with E-state index in [-0.39, 0.29) is 5.41 Å². The van der Waals surface area contributed by atoms with Crippen molar-refractivity contribution in [2.24, 2.45) is 17.1 Å². The maximum atomic E-state index is 10.9. The normalized spacial score (nSPS) is 32.0. The van der Waals surface area contributed by atoms with Crippen LogP contribution in [-0.4, -0.2) is 11.7 Å². The predicted octanol–water partition coefficient (Wildman–Crippen LogP) is 3.75. The molecule has 3 atom stereocenters. The topological polar surface area (TPSA) is 46.2 Å². The molecule has 2 aliphatic rings. The number of hydrogen-bond acceptors (Lipinski definition) is 2. The van der Waals surface area contributed by atoms with Crippen molar-refractivity contribution in [3.8, 4) is 0 Å². The van der Waals surface area contributed by atoms with E-state index in [0.29, 0.717) is 12.5 Å². The third-order valence-electron chi connectivity index (χ3n) is 5.41. The van der Waals surface area contributed by atoms with Crippen LogP contribution in [0, 0.1) is 11.3 Å². The summed E-state index contributed by atoms with van der Waals surface area (Å²) in [5.74, 6) is 1.45. The monoisotopic (exact) mass is 273 g/mol. The minimum Gasteiger partial charge on any atom is -0.388 e. The summed E-state index contributed by atoms with van der Waals surface area (Å²) in [5.41, 5.74) is 8.43. The van der Waals surface area contributed by atoms with Gasteiger partial charge in [-0.3, -0.25) is 0 Å². The molecule has 110 valence electrons. The van der Waals surface area contributed by atoms with Gasteiger partial charge in [-0.25, -0.2) is 0 Å². The molecule has 0 amide bonds. The van der Waals surface area contributed by atoms with E-state index in [1.54, 1.807) is 0 Å². The number of benzene rings is 1. The number of aliphatic hydroxyl groups is 1. The molecule has 2 fully saturated rings. The van der Waals surface area contributed by atoms with Gasteiger partial charge in [0.1, 0.15) is 0 Å². The van der Waals surface area contributed by atoms with Crippen molar-refractivity contribution in [2.75, 3.05) is 6.54 Å². The van der Waals surface area contributed by atoms with E-state index in [9.17, 15) is 5.11 Å². The van der Waals surface area contributed by atoms with E-state index in [0.717, 1.165) is 24.3 Å². The van der Waals surface area contributed by atoms with E-state index in [2.05, 4.69) is 31.2 Å². The molecular formula is C18H27NO. The lowest BCUT2D eigenvalue weighted by Gasteiger charge is -2.43. The molecule has 3 unspecified atom stereocenters. The van der Waals surface area contributed by atoms with Crippen LogP contribution in [0.4, 0.5) is 0 Å². The number of hydrogen-bond donors (Lipinski definition) is 2. The Morgan fingerprint density at radius 3 is 2.50 bits per heavy atom. The summed E-state index contributed by atoms with van der Waals surface area (Å²) >= 11 is 0. The lowest BCUT2D eigenvalue weighted by atomic mass is 9.65. The van der Waals surface area contributed by atoms with Gasteiger partial charge in [0.05, 0.1) is 6.10 Å². The molecule has 2 aliphatic carbocycles. The largest absolute Gasteiger partial charge is 0.388 e. The zero-order chi connectivity index (χ0) is 14.2. The van der Waals surface area contributed by atoms with Crippen LogP contribution in [0.5, 0.6) is 0 Å². The van der Waals surface area contributed by atoms with Crippen LogP contribution in [0.1, 0.15) is 68.6 Å². The van der Waals surface area contributed by atoms with E-state index in [1.165, 1.54) is 31.2 Å². The van der Waals surface area contributed by atoms with Gasteiger partial charge in [-0.2, -0.15) is 0 Å². The van der Waals surface area contributed by atoms with Crippen LogP contribution in [0.15, 0.2) is 24.3 Å². The first-order valence-electron chi connectivity index (χ1n) is 8.12. The second-order valence-electron chi connectivity index (χ2n) is 7.11. The van der Waals surface area contributed by atoms with Crippen LogP contribution in [0.3, 0.4) is 0 Å². The fourth-order valence-electron chi connectivity index (χ4n) is 3.97. The van der Waals surface area contributed by atoms with Gasteiger partial charge in [0.25, 0.3) is 0 Å². The summed E-state index contributed by atoms with van der Waals surface area (Å²) in [5, 5.41) is 10.9. The molecule has 0 radical (unpaired) electrons. The van der Waals surface area contributed by atoms with Crippen LogP contribution < -0.4 is 5.73 Å². The number of aliphatic hydroxyl groups excluding tert-OH is 1. The maximum absolute atomic E-state index is 10.9. The first-order chi connectivity index (χ1) is 9.64. The van der Waals surface area contributed by atoms with Gasteiger partial charge in [-0.1, -0.05) is 44.0 Å². The lowest BCUT2D eigenvalue weighted by molar-refractivity contribution is -0.0130. The van der Waals surface area contributed by atoms with E-state index in [4.69, 9.17) is 5.73 Å². The first kappa shape index (κ1) is 14.1. The highest BCUT2D eigenvalue weighted by molar-refractivity contribution is 5.30. The molecule has 2 heteroatoms. The molecule has 0 aromatic heterocycles. The van der Waals surface area contributed by atoms with Gasteiger partial charge in [0.2, 0.25) is 0 Å². The van der Waals surface area contributed by atoms with Gasteiger partial charge in [0.15, 0.2) is 0 Å². The number of rotatable bonds is 4. The van der Waals surface area contributed by atoms with Gasteiger partial charge in [-0.15, -0.1) is 0 Å². The third-order valence-corrected chi connectivity index (χ3v) is 5.41. The zero-order valence-corrected chi connectivity index (χ0v) is 12.5. The Morgan fingerprint density at radius 1 is 1.25 bits per heavy atom. The zero-order valence-electron chi connectivity index (χ0n) is 12.5. The molecular weight excluding hydrogens is 246 g/mol. The van der Waals surface area contributed by atoms with Crippen LogP contribution in [0.25, 0.3) is 0 Å². The molecule has 0 spiro atoms. The van der Waals surface area contributed by atoms with E-state index in [1.807, 2.05) is 0 Å². The standard InChI is InChI=1S/C18H27NO/c1-13-3-2-10-18(11-13,12-19)17(20)16-8-6-15(7-9-16)14-4-5-14/h6-9,13-14,17,20H,2-5,10-12,19H2,1H3. The first-order valence-corrected chi connectivity index (χ1v) is 8.12. The van der Waals surface area contributed by atoms with Crippen LogP contribution in [-0.2, 0) is 0 Å². The molecule has 3 N–H and O–H groups in total. The summed E-state index contributed by atoms with van der Waals surface area (Å²) < 4.78 is 0. The molecule has 2 saturated carbocycles. The van der Waals surface area contributed by atoms with Crippen molar-refractivity contribution >= 4 is 0 Å². The number of nitrogens with two attached hydrogens (primary N) is 1. The molecule has 0 bridgehead atoms. The molecule has 1 aromatic carbocycles. The lowest BCUT2D eigenvalue weighted by Crippen LogP contribution is -2.40. The average molecular weight is 273 g/mol. The Hall–Kier alpha value is -0.860. The highest BCUT2D eigenvalue weighted by Crippen LogP contribution is 2.47. The van der Waals surface area contributed by atoms with Crippen molar-refractivity contribution in [1.82, 2.24) is 0 Å². The van der Waals surface area contributed by atoms with Gasteiger partial charge >= 0.3 is 0 Å². The third kappa shape index (κ3) is 2.64. The predicted molar refractivity (Wildman–Crippen MR) is 82.5 cm³/mol. The molecule has 20 heavy (non-hydrogen) atoms. The second kappa shape index (κ2) is 5.50. The Labute approximate surface area is 122 Å². The smallest absolute Gasteiger partial charge is 0.0858 e. The van der Waals surface area contributed by atoms with Gasteiger partial charge in [-0.05, 0) is 48.6 Å². The van der Waals surface area contributed by atoms with Gasteiger partial charge in [0, 0.05) is 12.0 Å². The average Bonchev–Trinajstić information content (AvgIpc) is 3.31. The summed E-state index contributed by atoms with van der Waals surface area (Å²) in [7, 11) is 0. The Morgan fingerprint density at radius 2 is 1.95 bits per heavy atom. The molecule has 0 heterocycles. The van der Waals surface area contributed by atoms with Crippen molar-refractivity contribution < 1.29 is 5.11 Å². The van der Waals surface area contributed by atoms with E-state index < -0.39 is 6.10 Å². The highest BCUT2D eigenvalue weighted by atomic mass is 16.3. The molecule has 2 nitrogen and oxygen atoms in total. The fourth-order valence-corrected chi connectivity index (χ4v) is 3.97. The highest BCUT2D eigenvalue weighted by Gasteiger charge is 2.40. The summed E-state index contributed by atoms with van der Waals surface area (Å²) in [6.45, 7) is 2.87. The Balaban J connectivity index is 1.79. The Kier molecular flexibility index (Phi) is 3.87. The fraction of sp³-hybridized carbons (Fsp3) is 0.667. The van der Waals surface area contributed by atoms with Gasteiger partial charge < -0.3 is 10.8 Å². The molecule has 1 aromatic rings. The molecule has 0 saturated heterocycles. The second-order valence-corrected chi connectivity index (χ2v) is 7.11. The summed E-state index contributed by atoms with van der Waals surface area (Å²) in [4.78, 5) is 0. The van der Waals surface area contributed by atoms with Crippen molar-refractivity contribution in [3.63, 3.8) is 0 Å². The van der Waals surface area contributed by atoms with Crippen molar-refractivity contribution in [3.05, 3.63) is 35.4 Å². The van der Waals surface area contributed by atoms with Crippen molar-refractivity contribution in [2.45, 2.75) is 57.5 Å². The summed E-state index contributed by atoms with van der Waals surface area (Å²) in [6.07, 6.45) is 6.81. The quantitative estimate of drug-likeness (QED) is 0.877. The minimum absolute atomic E-state index is 0.112. The van der Waals surface area contributed by atoms with E-state index >= 15 is 0 Å². The molecule has 0 aliphatic heterocycles. The van der Waals surface area contributed by atoms with Crippen LogP contribution in [0.2, 0.25) is 0 Å². The Bertz CT molecular complexity index is 451. The SMILES string of the molecule is CC1CCCC(CN)(C(O)c2ccc(C3CC3)cc2)C1. The summed E-state index contributed by atoms with van der Waals surface area (Å²) in [6, 6.07) is 8.64. The minimum atomic E-state index is -0.413.